The number of furan rings is 1. The van der Waals surface area contributed by atoms with E-state index in [1.807, 2.05) is 24.5 Å². The summed E-state index contributed by atoms with van der Waals surface area (Å²) in [6.07, 6.45) is 8.31. The van der Waals surface area contributed by atoms with Crippen LogP contribution in [0.5, 0.6) is 0 Å². The number of hydrazine groups is 1. The van der Waals surface area contributed by atoms with E-state index in [2.05, 4.69) is 21.9 Å². The number of aryl methyl sites for hydroxylation is 2. The summed E-state index contributed by atoms with van der Waals surface area (Å²) in [5.41, 5.74) is 2.84. The highest BCUT2D eigenvalue weighted by Crippen LogP contribution is 2.17. The van der Waals surface area contributed by atoms with Gasteiger partial charge in [0.25, 0.3) is 0 Å². The van der Waals surface area contributed by atoms with Crippen molar-refractivity contribution in [3.8, 4) is 0 Å². The van der Waals surface area contributed by atoms with Gasteiger partial charge in [0.05, 0.1) is 12.3 Å². The maximum Gasteiger partial charge on any atom is 0.127 e. The molecule has 5 heteroatoms. The van der Waals surface area contributed by atoms with Gasteiger partial charge in [-0.2, -0.15) is 0 Å². The lowest BCUT2D eigenvalue weighted by molar-refractivity contribution is 0.433. The summed E-state index contributed by atoms with van der Waals surface area (Å²) >= 11 is 0. The minimum atomic E-state index is 0.0525. The fourth-order valence-corrected chi connectivity index (χ4v) is 2.09. The van der Waals surface area contributed by atoms with E-state index >= 15 is 0 Å². The lowest BCUT2D eigenvalue weighted by Gasteiger charge is -2.16. The van der Waals surface area contributed by atoms with Crippen LogP contribution in [0.15, 0.2) is 35.2 Å². The van der Waals surface area contributed by atoms with Crippen LogP contribution in [0, 0.1) is 0 Å². The van der Waals surface area contributed by atoms with Crippen LogP contribution in [0.2, 0.25) is 0 Å². The van der Waals surface area contributed by atoms with Gasteiger partial charge in [0.2, 0.25) is 0 Å². The average molecular weight is 248 g/mol. The van der Waals surface area contributed by atoms with Gasteiger partial charge in [0.15, 0.2) is 0 Å². The molecule has 2 aromatic rings. The molecule has 0 aliphatic rings. The first-order valence-corrected chi connectivity index (χ1v) is 6.34. The van der Waals surface area contributed by atoms with Crippen molar-refractivity contribution in [1.29, 1.82) is 0 Å². The lowest BCUT2D eigenvalue weighted by Crippen LogP contribution is -2.30. The highest BCUT2D eigenvalue weighted by Gasteiger charge is 2.15. The first-order chi connectivity index (χ1) is 8.85. The van der Waals surface area contributed by atoms with Crippen molar-refractivity contribution in [2.24, 2.45) is 5.84 Å². The summed E-state index contributed by atoms with van der Waals surface area (Å²) in [4.78, 5) is 4.40. The molecule has 0 aliphatic heterocycles. The van der Waals surface area contributed by atoms with Gasteiger partial charge in [0.1, 0.15) is 11.6 Å². The van der Waals surface area contributed by atoms with Crippen LogP contribution in [0.1, 0.15) is 37.4 Å². The molecule has 98 valence electrons. The van der Waals surface area contributed by atoms with Crippen LogP contribution < -0.4 is 11.3 Å². The molecule has 0 aromatic carbocycles. The van der Waals surface area contributed by atoms with Gasteiger partial charge in [-0.3, -0.25) is 5.84 Å². The second kappa shape index (κ2) is 6.37. The standard InChI is InChI=1S/C13H20N4O/c1-2-8-17-9-7-15-13(17)12(16-14)6-5-11-4-3-10-18-11/h3-4,7,9-10,12,16H,2,5-6,8,14H2,1H3. The second-order valence-corrected chi connectivity index (χ2v) is 4.32. The maximum atomic E-state index is 5.63. The van der Waals surface area contributed by atoms with E-state index in [1.54, 1.807) is 6.26 Å². The van der Waals surface area contributed by atoms with Gasteiger partial charge in [-0.15, -0.1) is 0 Å². The smallest absolute Gasteiger partial charge is 0.127 e. The molecule has 5 nitrogen and oxygen atoms in total. The van der Waals surface area contributed by atoms with E-state index in [0.29, 0.717) is 0 Å². The van der Waals surface area contributed by atoms with Gasteiger partial charge in [-0.25, -0.2) is 10.4 Å². The molecule has 0 saturated heterocycles. The summed E-state index contributed by atoms with van der Waals surface area (Å²) in [5.74, 6) is 7.60. The van der Waals surface area contributed by atoms with E-state index in [0.717, 1.165) is 37.4 Å². The van der Waals surface area contributed by atoms with Gasteiger partial charge >= 0.3 is 0 Å². The number of nitrogens with one attached hydrogen (secondary N) is 1. The van der Waals surface area contributed by atoms with Crippen molar-refractivity contribution in [3.05, 3.63) is 42.4 Å². The molecule has 0 radical (unpaired) electrons. The molecule has 18 heavy (non-hydrogen) atoms. The summed E-state index contributed by atoms with van der Waals surface area (Å²) in [5, 5.41) is 0. The summed E-state index contributed by atoms with van der Waals surface area (Å²) in [6.45, 7) is 3.12. The molecule has 0 saturated carbocycles. The number of aromatic nitrogens is 2. The predicted octanol–water partition coefficient (Wildman–Crippen LogP) is 2.02. The Labute approximate surface area is 107 Å². The van der Waals surface area contributed by atoms with E-state index in [4.69, 9.17) is 10.3 Å². The van der Waals surface area contributed by atoms with Crippen molar-refractivity contribution < 1.29 is 4.42 Å². The molecule has 2 aromatic heterocycles. The number of rotatable bonds is 7. The molecule has 2 heterocycles. The van der Waals surface area contributed by atoms with Crippen molar-refractivity contribution in [2.75, 3.05) is 0 Å². The zero-order valence-electron chi connectivity index (χ0n) is 10.7. The van der Waals surface area contributed by atoms with E-state index < -0.39 is 0 Å². The van der Waals surface area contributed by atoms with Gasteiger partial charge in [-0.1, -0.05) is 6.92 Å². The first kappa shape index (κ1) is 12.9. The van der Waals surface area contributed by atoms with Crippen molar-refractivity contribution in [3.63, 3.8) is 0 Å². The van der Waals surface area contributed by atoms with Gasteiger partial charge in [0, 0.05) is 25.4 Å². The Hall–Kier alpha value is -1.59. The van der Waals surface area contributed by atoms with E-state index in [9.17, 15) is 0 Å². The van der Waals surface area contributed by atoms with Crippen molar-refractivity contribution >= 4 is 0 Å². The molecule has 1 unspecified atom stereocenters. The zero-order chi connectivity index (χ0) is 12.8. The Kier molecular flexibility index (Phi) is 4.55. The number of hydrogen-bond acceptors (Lipinski definition) is 4. The minimum absolute atomic E-state index is 0.0525. The molecular weight excluding hydrogens is 228 g/mol. The Bertz CT molecular complexity index is 449. The Morgan fingerprint density at radius 1 is 1.56 bits per heavy atom. The Balaban J connectivity index is 2.01. The number of imidazole rings is 1. The fraction of sp³-hybridized carbons (Fsp3) is 0.462. The lowest BCUT2D eigenvalue weighted by atomic mass is 10.1. The van der Waals surface area contributed by atoms with Crippen LogP contribution in [0.4, 0.5) is 0 Å². The number of nitrogens with zero attached hydrogens (tertiary/aromatic N) is 2. The summed E-state index contributed by atoms with van der Waals surface area (Å²) in [6, 6.07) is 3.93. The second-order valence-electron chi connectivity index (χ2n) is 4.32. The van der Waals surface area contributed by atoms with Crippen molar-refractivity contribution in [2.45, 2.75) is 38.8 Å². The monoisotopic (exact) mass is 248 g/mol. The normalized spacial score (nSPS) is 12.8. The molecule has 3 N–H and O–H groups in total. The SMILES string of the molecule is CCCn1ccnc1C(CCc1ccco1)NN. The highest BCUT2D eigenvalue weighted by molar-refractivity contribution is 5.03. The molecule has 0 bridgehead atoms. The van der Waals surface area contributed by atoms with Crippen LogP contribution >= 0.6 is 0 Å². The van der Waals surface area contributed by atoms with E-state index in [-0.39, 0.29) is 6.04 Å². The van der Waals surface area contributed by atoms with Crippen LogP contribution in [-0.4, -0.2) is 9.55 Å². The van der Waals surface area contributed by atoms with Crippen molar-refractivity contribution in [1.82, 2.24) is 15.0 Å². The van der Waals surface area contributed by atoms with Gasteiger partial charge < -0.3 is 8.98 Å². The van der Waals surface area contributed by atoms with Crippen LogP contribution in [-0.2, 0) is 13.0 Å². The third kappa shape index (κ3) is 3.00. The van der Waals surface area contributed by atoms with Crippen LogP contribution in [0.25, 0.3) is 0 Å². The first-order valence-electron chi connectivity index (χ1n) is 6.34. The van der Waals surface area contributed by atoms with Crippen LogP contribution in [0.3, 0.4) is 0 Å². The molecule has 2 rings (SSSR count). The molecule has 0 fully saturated rings. The topological polar surface area (TPSA) is 69.0 Å². The molecule has 0 amide bonds. The Morgan fingerprint density at radius 2 is 2.44 bits per heavy atom. The molecule has 0 spiro atoms. The molecule has 1 atom stereocenters. The van der Waals surface area contributed by atoms with E-state index in [1.165, 1.54) is 0 Å². The number of nitrogens with two attached hydrogens (primary N) is 1. The quantitative estimate of drug-likeness (QED) is 0.581. The minimum Gasteiger partial charge on any atom is -0.469 e. The predicted molar refractivity (Wildman–Crippen MR) is 69.6 cm³/mol. The summed E-state index contributed by atoms with van der Waals surface area (Å²) < 4.78 is 7.47. The maximum absolute atomic E-state index is 5.63. The molecule has 0 aliphatic carbocycles. The zero-order valence-corrected chi connectivity index (χ0v) is 10.7. The fourth-order valence-electron chi connectivity index (χ4n) is 2.09. The average Bonchev–Trinajstić information content (AvgIpc) is 3.02. The number of hydrogen-bond donors (Lipinski definition) is 2. The molecular formula is C13H20N4O. The Morgan fingerprint density at radius 3 is 3.11 bits per heavy atom. The van der Waals surface area contributed by atoms with Gasteiger partial charge in [-0.05, 0) is 25.0 Å². The highest BCUT2D eigenvalue weighted by atomic mass is 16.3. The third-order valence-corrected chi connectivity index (χ3v) is 2.98. The third-order valence-electron chi connectivity index (χ3n) is 2.98. The summed E-state index contributed by atoms with van der Waals surface area (Å²) in [7, 11) is 0. The largest absolute Gasteiger partial charge is 0.469 e.